The highest BCUT2D eigenvalue weighted by Crippen LogP contribution is 2.32. The van der Waals surface area contributed by atoms with Gasteiger partial charge in [0.2, 0.25) is 6.29 Å². The monoisotopic (exact) mass is 552 g/mol. The Bertz CT molecular complexity index is 1010. The van der Waals surface area contributed by atoms with E-state index in [0.29, 0.717) is 0 Å². The minimum Gasteiger partial charge on any atom is -0.481 e. The average molecular weight is 553 g/mol. The minimum atomic E-state index is -2.04. The van der Waals surface area contributed by atoms with Crippen molar-refractivity contribution in [3.63, 3.8) is 0 Å². The fraction of sp³-hybridized carbons (Fsp3) is 0.517. The molecule has 39 heavy (non-hydrogen) atoms. The number of aliphatic carboxylic acids is 2. The lowest BCUT2D eigenvalue weighted by Crippen LogP contribution is -2.41. The molecule has 0 amide bonds. The van der Waals surface area contributed by atoms with Crippen LogP contribution in [0.5, 0.6) is 0 Å². The summed E-state index contributed by atoms with van der Waals surface area (Å²) >= 11 is 0. The zero-order valence-corrected chi connectivity index (χ0v) is 21.9. The Kier molecular flexibility index (Phi) is 16.6. The van der Waals surface area contributed by atoms with E-state index in [2.05, 4.69) is 0 Å². The van der Waals surface area contributed by atoms with E-state index in [4.69, 9.17) is 24.4 Å². The molecule has 3 atom stereocenters. The highest BCUT2D eigenvalue weighted by atomic mass is 16.8. The molecule has 1 fully saturated rings. The summed E-state index contributed by atoms with van der Waals surface area (Å²) in [7, 11) is 0. The maximum atomic E-state index is 12.0. The number of carboxylic acids is 2. The molecule has 0 spiro atoms. The summed E-state index contributed by atoms with van der Waals surface area (Å²) in [4.78, 5) is 45.2. The molecule has 0 saturated carbocycles. The lowest BCUT2D eigenvalue weighted by atomic mass is 9.94. The smallest absolute Gasteiger partial charge is 0.341 e. The Labute approximate surface area is 231 Å². The molecule has 1 saturated heterocycles. The molecule has 0 radical (unpaired) electrons. The summed E-state index contributed by atoms with van der Waals surface area (Å²) in [6.07, 6.45) is 1.79. The van der Waals surface area contributed by atoms with Gasteiger partial charge >= 0.3 is 23.9 Å². The van der Waals surface area contributed by atoms with Crippen LogP contribution in [0, 0.1) is 0 Å². The summed E-state index contributed by atoms with van der Waals surface area (Å²) in [5, 5.41) is 27.9. The van der Waals surface area contributed by atoms with Crippen molar-refractivity contribution in [2.75, 3.05) is 0 Å². The van der Waals surface area contributed by atoms with E-state index in [0.717, 1.165) is 16.7 Å². The van der Waals surface area contributed by atoms with Gasteiger partial charge in [0.25, 0.3) is 0 Å². The van der Waals surface area contributed by atoms with Gasteiger partial charge in [0.05, 0.1) is 12.8 Å². The quantitative estimate of drug-likeness (QED) is 0.251. The normalized spacial score (nSPS) is 18.8. The van der Waals surface area contributed by atoms with Gasteiger partial charge in [-0.1, -0.05) is 68.5 Å². The standard InChI is InChI=1S/C16H20O5.C11H16O5.2CH4/c1-12(2)8-9-16(20,10-14(17)18)15(19)21-11-13-6-4-3-5-7-13;1-7(2)4-5-11(6-9(12)13)10(14)15-8(3)16-11;;/h3-8,20H,9-11H2,1-2H3,(H,17,18);4,8H,5-6H2,1-3H3,(H,12,13);2*1H4/t16-;8-,11?;;/m10../s1. The van der Waals surface area contributed by atoms with Gasteiger partial charge in [-0.25, -0.2) is 9.59 Å². The highest BCUT2D eigenvalue weighted by molar-refractivity contribution is 5.87. The molecule has 10 heteroatoms. The van der Waals surface area contributed by atoms with Crippen molar-refractivity contribution in [3.8, 4) is 0 Å². The summed E-state index contributed by atoms with van der Waals surface area (Å²) in [5.74, 6) is -3.85. The molecular weight excluding hydrogens is 508 g/mol. The lowest BCUT2D eigenvalue weighted by molar-refractivity contribution is -0.171. The van der Waals surface area contributed by atoms with Crippen molar-refractivity contribution in [2.45, 2.75) is 99.3 Å². The molecule has 1 aliphatic heterocycles. The third-order valence-electron chi connectivity index (χ3n) is 5.20. The van der Waals surface area contributed by atoms with Crippen molar-refractivity contribution in [1.82, 2.24) is 0 Å². The van der Waals surface area contributed by atoms with Crippen LogP contribution in [-0.2, 0) is 40.0 Å². The van der Waals surface area contributed by atoms with E-state index in [9.17, 15) is 24.3 Å². The first-order valence-electron chi connectivity index (χ1n) is 11.7. The summed E-state index contributed by atoms with van der Waals surface area (Å²) in [6, 6.07) is 8.99. The van der Waals surface area contributed by atoms with Crippen molar-refractivity contribution >= 4 is 23.9 Å². The first-order valence-corrected chi connectivity index (χ1v) is 11.7. The SMILES string of the molecule is C.C.CC(C)=CCC1(CC(=O)O)O[C@@H](C)OC1=O.CC(C)=CC[C@@](O)(CC(=O)O)C(=O)OCc1ccccc1. The molecular formula is C29H44O10. The van der Waals surface area contributed by atoms with Gasteiger partial charge in [-0.2, -0.15) is 0 Å². The van der Waals surface area contributed by atoms with Crippen LogP contribution in [0.4, 0.5) is 0 Å². The van der Waals surface area contributed by atoms with E-state index in [1.165, 1.54) is 0 Å². The second kappa shape index (κ2) is 17.2. The predicted molar refractivity (Wildman–Crippen MR) is 147 cm³/mol. The number of hydrogen-bond acceptors (Lipinski definition) is 8. The van der Waals surface area contributed by atoms with Crippen molar-refractivity contribution < 1.29 is 48.7 Å². The van der Waals surface area contributed by atoms with Crippen LogP contribution < -0.4 is 0 Å². The Morgan fingerprint density at radius 1 is 1.00 bits per heavy atom. The van der Waals surface area contributed by atoms with Gasteiger partial charge in [-0.05, 0) is 40.2 Å². The highest BCUT2D eigenvalue weighted by Gasteiger charge is 2.50. The third-order valence-corrected chi connectivity index (χ3v) is 5.20. The third kappa shape index (κ3) is 13.2. The van der Waals surface area contributed by atoms with Crippen LogP contribution in [-0.4, -0.2) is 56.7 Å². The number of carbonyl (C=O) groups excluding carboxylic acids is 2. The van der Waals surface area contributed by atoms with E-state index in [1.54, 1.807) is 57.2 Å². The van der Waals surface area contributed by atoms with Crippen LogP contribution in [0.15, 0.2) is 53.6 Å². The molecule has 10 nitrogen and oxygen atoms in total. The zero-order valence-electron chi connectivity index (χ0n) is 21.9. The number of ether oxygens (including phenoxy) is 3. The van der Waals surface area contributed by atoms with Gasteiger partial charge in [-0.15, -0.1) is 0 Å². The Morgan fingerprint density at radius 3 is 2.00 bits per heavy atom. The maximum absolute atomic E-state index is 12.0. The second-order valence-corrected chi connectivity index (χ2v) is 9.29. The van der Waals surface area contributed by atoms with E-state index in [-0.39, 0.29) is 40.7 Å². The van der Waals surface area contributed by atoms with Gasteiger partial charge in [0.15, 0.2) is 11.2 Å². The van der Waals surface area contributed by atoms with Gasteiger partial charge in [0.1, 0.15) is 6.61 Å². The van der Waals surface area contributed by atoms with Crippen LogP contribution in [0.1, 0.15) is 80.7 Å². The van der Waals surface area contributed by atoms with Crippen LogP contribution >= 0.6 is 0 Å². The van der Waals surface area contributed by atoms with Crippen LogP contribution in [0.2, 0.25) is 0 Å². The van der Waals surface area contributed by atoms with Gasteiger partial charge in [-0.3, -0.25) is 9.59 Å². The number of esters is 2. The molecule has 0 bridgehead atoms. The average Bonchev–Trinajstić information content (AvgIpc) is 3.07. The van der Waals surface area contributed by atoms with Crippen LogP contribution in [0.3, 0.4) is 0 Å². The summed E-state index contributed by atoms with van der Waals surface area (Å²) in [5.41, 5.74) is -0.749. The molecule has 220 valence electrons. The maximum Gasteiger partial charge on any atom is 0.341 e. The predicted octanol–water partition coefficient (Wildman–Crippen LogP) is 5.04. The van der Waals surface area contributed by atoms with E-state index in [1.807, 2.05) is 19.9 Å². The van der Waals surface area contributed by atoms with E-state index >= 15 is 0 Å². The number of aliphatic hydroxyl groups is 1. The van der Waals surface area contributed by atoms with Gasteiger partial charge in [0, 0.05) is 12.8 Å². The second-order valence-electron chi connectivity index (χ2n) is 9.29. The minimum absolute atomic E-state index is 0. The number of benzene rings is 1. The number of allylic oxidation sites excluding steroid dienone is 2. The Balaban J connectivity index is 0. The van der Waals surface area contributed by atoms with Crippen molar-refractivity contribution in [1.29, 1.82) is 0 Å². The number of cyclic esters (lactones) is 1. The number of carboxylic acid groups (broad SMARTS) is 2. The lowest BCUT2D eigenvalue weighted by Gasteiger charge is -2.23. The molecule has 1 heterocycles. The molecule has 1 aliphatic rings. The largest absolute Gasteiger partial charge is 0.481 e. The van der Waals surface area contributed by atoms with Crippen LogP contribution in [0.25, 0.3) is 0 Å². The Morgan fingerprint density at radius 2 is 1.56 bits per heavy atom. The molecule has 0 aliphatic carbocycles. The topological polar surface area (TPSA) is 157 Å². The van der Waals surface area contributed by atoms with Crippen molar-refractivity contribution in [3.05, 3.63) is 59.2 Å². The summed E-state index contributed by atoms with van der Waals surface area (Å²) < 4.78 is 15.2. The Hall–Kier alpha value is -3.50. The number of carbonyl (C=O) groups is 4. The van der Waals surface area contributed by atoms with Gasteiger partial charge < -0.3 is 29.5 Å². The van der Waals surface area contributed by atoms with E-state index < -0.39 is 47.8 Å². The number of hydrogen-bond donors (Lipinski definition) is 3. The molecule has 1 aromatic carbocycles. The molecule has 3 N–H and O–H groups in total. The fourth-order valence-corrected chi connectivity index (χ4v) is 3.29. The summed E-state index contributed by atoms with van der Waals surface area (Å²) in [6.45, 7) is 8.92. The number of rotatable bonds is 11. The van der Waals surface area contributed by atoms with Crippen molar-refractivity contribution in [2.24, 2.45) is 0 Å². The molecule has 1 aromatic rings. The fourth-order valence-electron chi connectivity index (χ4n) is 3.29. The first-order chi connectivity index (χ1) is 17.2. The zero-order chi connectivity index (χ0) is 28.2. The molecule has 0 aromatic heterocycles. The first kappa shape index (κ1) is 37.7. The molecule has 1 unspecified atom stereocenters. The molecule has 2 rings (SSSR count).